The Morgan fingerprint density at radius 2 is 1.93 bits per heavy atom. The lowest BCUT2D eigenvalue weighted by Gasteiger charge is -2.28. The van der Waals surface area contributed by atoms with Crippen LogP contribution in [0.3, 0.4) is 0 Å². The summed E-state index contributed by atoms with van der Waals surface area (Å²) in [4.78, 5) is 4.38. The van der Waals surface area contributed by atoms with Crippen LogP contribution in [0, 0.1) is 11.3 Å². The summed E-state index contributed by atoms with van der Waals surface area (Å²) in [6, 6.07) is 16.2. The van der Waals surface area contributed by atoms with Gasteiger partial charge in [-0.05, 0) is 41.8 Å². The average molecular weight is 420 g/mol. The first-order valence-corrected chi connectivity index (χ1v) is 10.9. The Balaban J connectivity index is 1.57. The molecular weight excluding hydrogens is 400 g/mol. The Morgan fingerprint density at radius 1 is 1.20 bits per heavy atom. The Labute approximate surface area is 175 Å². The van der Waals surface area contributed by atoms with Crippen LogP contribution in [0.4, 0.5) is 5.88 Å². The molecule has 4 rings (SSSR count). The van der Waals surface area contributed by atoms with Crippen molar-refractivity contribution in [3.63, 3.8) is 0 Å². The van der Waals surface area contributed by atoms with Crippen molar-refractivity contribution in [3.8, 4) is 17.5 Å². The second kappa shape index (κ2) is 8.14. The van der Waals surface area contributed by atoms with Crippen LogP contribution < -0.4 is 5.32 Å². The number of nitriles is 1. The largest absolute Gasteiger partial charge is 0.419 e. The topological polar surface area (TPSA) is 99.2 Å². The van der Waals surface area contributed by atoms with Crippen molar-refractivity contribution in [2.24, 2.45) is 0 Å². The maximum Gasteiger partial charge on any atom is 0.243 e. The highest BCUT2D eigenvalue weighted by Gasteiger charge is 2.28. The number of hydrogen-bond donors (Lipinski definition) is 1. The number of anilines is 1. The zero-order chi connectivity index (χ0) is 21.1. The predicted molar refractivity (Wildman–Crippen MR) is 113 cm³/mol. The highest BCUT2D eigenvalue weighted by atomic mass is 32.2. The Kier molecular flexibility index (Phi) is 5.40. The second-order valence-electron chi connectivity index (χ2n) is 6.86. The van der Waals surface area contributed by atoms with Crippen molar-refractivity contribution < 1.29 is 12.8 Å². The first-order chi connectivity index (χ1) is 14.5. The fourth-order valence-electron chi connectivity index (χ4n) is 3.40. The van der Waals surface area contributed by atoms with E-state index in [1.807, 2.05) is 30.3 Å². The van der Waals surface area contributed by atoms with Crippen LogP contribution >= 0.6 is 0 Å². The van der Waals surface area contributed by atoms with Crippen molar-refractivity contribution in [2.45, 2.75) is 17.9 Å². The Bertz CT molecular complexity index is 1220. The lowest BCUT2D eigenvalue weighted by Crippen LogP contribution is -2.35. The minimum absolute atomic E-state index is 0.135. The maximum absolute atomic E-state index is 13.1. The van der Waals surface area contributed by atoms with E-state index in [1.165, 1.54) is 22.0 Å². The Morgan fingerprint density at radius 3 is 2.63 bits per heavy atom. The number of rotatable bonds is 6. The third kappa shape index (κ3) is 3.73. The molecule has 0 radical (unpaired) electrons. The first kappa shape index (κ1) is 19.9. The van der Waals surface area contributed by atoms with Crippen molar-refractivity contribution in [3.05, 3.63) is 78.0 Å². The zero-order valence-corrected chi connectivity index (χ0v) is 17.0. The molecule has 3 aromatic rings. The molecule has 8 heteroatoms. The van der Waals surface area contributed by atoms with E-state index >= 15 is 0 Å². The van der Waals surface area contributed by atoms with E-state index in [0.29, 0.717) is 31.6 Å². The number of sulfonamides is 1. The smallest absolute Gasteiger partial charge is 0.243 e. The van der Waals surface area contributed by atoms with Crippen LogP contribution in [-0.4, -0.2) is 30.8 Å². The number of hydrogen-bond acceptors (Lipinski definition) is 6. The van der Waals surface area contributed by atoms with Gasteiger partial charge in [0, 0.05) is 25.2 Å². The van der Waals surface area contributed by atoms with E-state index in [-0.39, 0.29) is 22.4 Å². The van der Waals surface area contributed by atoms with E-state index in [0.717, 1.165) is 5.56 Å². The second-order valence-corrected chi connectivity index (χ2v) is 8.80. The van der Waals surface area contributed by atoms with Crippen molar-refractivity contribution in [1.29, 1.82) is 5.26 Å². The summed E-state index contributed by atoms with van der Waals surface area (Å²) in [7, 11) is -3.62. The SMILES string of the molecule is C=CCNc1oc(-c2ccc(S(=O)(=O)N3CCc4ccccc4C3)cc2)nc1C#N. The summed E-state index contributed by atoms with van der Waals surface area (Å²) in [5, 5.41) is 12.1. The summed E-state index contributed by atoms with van der Waals surface area (Å²) < 4.78 is 33.3. The summed E-state index contributed by atoms with van der Waals surface area (Å²) in [6.07, 6.45) is 2.34. The third-order valence-corrected chi connectivity index (χ3v) is 6.83. The molecule has 2 heterocycles. The molecule has 0 saturated heterocycles. The van der Waals surface area contributed by atoms with E-state index in [9.17, 15) is 13.7 Å². The van der Waals surface area contributed by atoms with E-state index in [2.05, 4.69) is 16.9 Å². The number of nitrogens with one attached hydrogen (secondary N) is 1. The van der Waals surface area contributed by atoms with Gasteiger partial charge in [0.1, 0.15) is 6.07 Å². The van der Waals surface area contributed by atoms with Gasteiger partial charge >= 0.3 is 0 Å². The molecule has 0 aliphatic carbocycles. The van der Waals surface area contributed by atoms with Crippen LogP contribution in [-0.2, 0) is 23.0 Å². The van der Waals surface area contributed by atoms with Crippen LogP contribution in [0.5, 0.6) is 0 Å². The molecule has 0 bridgehead atoms. The van der Waals surface area contributed by atoms with Gasteiger partial charge in [-0.3, -0.25) is 0 Å². The van der Waals surface area contributed by atoms with Gasteiger partial charge in [-0.2, -0.15) is 14.6 Å². The van der Waals surface area contributed by atoms with Crippen LogP contribution in [0.2, 0.25) is 0 Å². The van der Waals surface area contributed by atoms with Crippen molar-refractivity contribution in [1.82, 2.24) is 9.29 Å². The number of benzene rings is 2. The van der Waals surface area contributed by atoms with E-state index in [4.69, 9.17) is 4.42 Å². The molecule has 0 unspecified atom stereocenters. The number of aromatic nitrogens is 1. The zero-order valence-electron chi connectivity index (χ0n) is 16.2. The normalized spacial score (nSPS) is 14.0. The minimum atomic E-state index is -3.62. The standard InChI is InChI=1S/C22H20N4O3S/c1-2-12-24-22-20(14-23)25-21(29-22)17-7-9-19(10-8-17)30(27,28)26-13-11-16-5-3-4-6-18(16)15-26/h2-10,24H,1,11-13,15H2. The molecule has 2 aromatic carbocycles. The van der Waals surface area contributed by atoms with Crippen LogP contribution in [0.15, 0.2) is 70.5 Å². The Hall–Kier alpha value is -3.41. The fraction of sp³-hybridized carbons (Fsp3) is 0.182. The molecule has 1 aliphatic rings. The summed E-state index contributed by atoms with van der Waals surface area (Å²) in [5.74, 6) is 0.505. The molecule has 0 atom stereocenters. The van der Waals surface area contributed by atoms with E-state index < -0.39 is 10.0 Å². The third-order valence-electron chi connectivity index (χ3n) is 4.97. The maximum atomic E-state index is 13.1. The number of oxazole rings is 1. The average Bonchev–Trinajstić information content (AvgIpc) is 3.20. The van der Waals surface area contributed by atoms with Gasteiger partial charge in [-0.15, -0.1) is 6.58 Å². The minimum Gasteiger partial charge on any atom is -0.419 e. The summed E-state index contributed by atoms with van der Waals surface area (Å²) in [5.41, 5.74) is 2.95. The number of fused-ring (bicyclic) bond motifs is 1. The molecule has 0 spiro atoms. The van der Waals surface area contributed by atoms with Gasteiger partial charge in [0.25, 0.3) is 0 Å². The van der Waals surface area contributed by atoms with Gasteiger partial charge < -0.3 is 9.73 Å². The summed E-state index contributed by atoms with van der Waals surface area (Å²) in [6.45, 7) is 4.86. The molecule has 7 nitrogen and oxygen atoms in total. The predicted octanol–water partition coefficient (Wildman–Crippen LogP) is 3.56. The molecule has 1 aromatic heterocycles. The van der Waals surface area contributed by atoms with Crippen molar-refractivity contribution >= 4 is 15.9 Å². The molecule has 1 aliphatic heterocycles. The first-order valence-electron chi connectivity index (χ1n) is 9.46. The molecule has 152 valence electrons. The van der Waals surface area contributed by atoms with Gasteiger partial charge in [0.05, 0.1) is 4.90 Å². The van der Waals surface area contributed by atoms with Gasteiger partial charge in [0.2, 0.25) is 27.5 Å². The van der Waals surface area contributed by atoms with Crippen LogP contribution in [0.25, 0.3) is 11.5 Å². The molecular formula is C22H20N4O3S. The summed E-state index contributed by atoms with van der Waals surface area (Å²) >= 11 is 0. The lowest BCUT2D eigenvalue weighted by atomic mass is 10.0. The molecule has 30 heavy (non-hydrogen) atoms. The molecule has 0 amide bonds. The monoisotopic (exact) mass is 420 g/mol. The van der Waals surface area contributed by atoms with Gasteiger partial charge in [-0.25, -0.2) is 8.42 Å². The van der Waals surface area contributed by atoms with Gasteiger partial charge in [0.15, 0.2) is 0 Å². The molecule has 0 fully saturated rings. The quantitative estimate of drug-likeness (QED) is 0.612. The number of nitrogens with zero attached hydrogens (tertiary/aromatic N) is 3. The molecule has 1 N–H and O–H groups in total. The van der Waals surface area contributed by atoms with E-state index in [1.54, 1.807) is 18.2 Å². The van der Waals surface area contributed by atoms with Crippen LogP contribution in [0.1, 0.15) is 16.8 Å². The molecule has 0 saturated carbocycles. The lowest BCUT2D eigenvalue weighted by molar-refractivity contribution is 0.391. The van der Waals surface area contributed by atoms with Gasteiger partial charge in [-0.1, -0.05) is 30.3 Å². The fourth-order valence-corrected chi connectivity index (χ4v) is 4.82. The highest BCUT2D eigenvalue weighted by Crippen LogP contribution is 2.28. The van der Waals surface area contributed by atoms with Crippen molar-refractivity contribution in [2.75, 3.05) is 18.4 Å². The highest BCUT2D eigenvalue weighted by molar-refractivity contribution is 7.89.